The van der Waals surface area contributed by atoms with Gasteiger partial charge >= 0.3 is 10.1 Å². The monoisotopic (exact) mass is 563 g/mol. The molecule has 6 nitrogen and oxygen atoms in total. The fourth-order valence-electron chi connectivity index (χ4n) is 2.99. The molecular formula is C23H15BrClNO5S2. The number of hydrogen-bond donors (Lipinski definition) is 0. The molecule has 3 aromatic rings. The molecule has 4 rings (SSSR count). The molecule has 2 amide bonds. The highest BCUT2D eigenvalue weighted by molar-refractivity contribution is 9.10. The molecule has 0 aliphatic carbocycles. The highest BCUT2D eigenvalue weighted by Gasteiger charge is 2.35. The first-order valence-electron chi connectivity index (χ1n) is 9.51. The predicted octanol–water partition coefficient (Wildman–Crippen LogP) is 6.11. The third-order valence-corrected chi connectivity index (χ3v) is 7.54. The third-order valence-electron chi connectivity index (χ3n) is 4.59. The van der Waals surface area contributed by atoms with Gasteiger partial charge in [-0.25, -0.2) is 0 Å². The van der Waals surface area contributed by atoms with Crippen LogP contribution >= 0.6 is 39.3 Å². The minimum Gasteiger partial charge on any atom is -0.379 e. The van der Waals surface area contributed by atoms with Crippen LogP contribution in [0.1, 0.15) is 11.1 Å². The van der Waals surface area contributed by atoms with E-state index < -0.39 is 16.0 Å². The number of rotatable bonds is 6. The van der Waals surface area contributed by atoms with Gasteiger partial charge in [0.05, 0.1) is 11.4 Å². The van der Waals surface area contributed by atoms with Gasteiger partial charge in [-0.15, -0.1) is 0 Å². The summed E-state index contributed by atoms with van der Waals surface area (Å²) < 4.78 is 31.1. The van der Waals surface area contributed by atoms with Crippen molar-refractivity contribution in [3.05, 3.63) is 98.3 Å². The number of thioether (sulfide) groups is 1. The average Bonchev–Trinajstić information content (AvgIpc) is 3.03. The summed E-state index contributed by atoms with van der Waals surface area (Å²) in [6.07, 6.45) is 1.54. The number of nitrogens with zero attached hydrogens (tertiary/aromatic N) is 1. The van der Waals surface area contributed by atoms with Crippen LogP contribution < -0.4 is 4.18 Å². The Kier molecular flexibility index (Phi) is 6.94. The number of benzene rings is 3. The lowest BCUT2D eigenvalue weighted by Crippen LogP contribution is -2.27. The van der Waals surface area contributed by atoms with E-state index in [2.05, 4.69) is 15.9 Å². The topological polar surface area (TPSA) is 80.8 Å². The molecule has 0 bridgehead atoms. The Morgan fingerprint density at radius 2 is 1.70 bits per heavy atom. The van der Waals surface area contributed by atoms with Gasteiger partial charge in [-0.05, 0) is 77.5 Å². The molecule has 1 saturated heterocycles. The normalized spacial score (nSPS) is 15.3. The third kappa shape index (κ3) is 5.67. The van der Waals surface area contributed by atoms with Gasteiger partial charge in [0.25, 0.3) is 11.1 Å². The second-order valence-electron chi connectivity index (χ2n) is 6.96. The molecule has 0 aromatic heterocycles. The summed E-state index contributed by atoms with van der Waals surface area (Å²) in [7, 11) is -4.06. The largest absolute Gasteiger partial charge is 0.379 e. The van der Waals surface area contributed by atoms with E-state index in [0.717, 1.165) is 21.8 Å². The first-order valence-corrected chi connectivity index (χ1v) is 12.9. The molecule has 3 aromatic carbocycles. The van der Waals surface area contributed by atoms with E-state index in [4.69, 9.17) is 15.8 Å². The Balaban J connectivity index is 1.52. The second-order valence-corrected chi connectivity index (χ2v) is 10.8. The van der Waals surface area contributed by atoms with Crippen LogP contribution in [-0.4, -0.2) is 24.5 Å². The van der Waals surface area contributed by atoms with Gasteiger partial charge in [-0.1, -0.05) is 51.8 Å². The Hall–Kier alpha value is -2.59. The lowest BCUT2D eigenvalue weighted by molar-refractivity contribution is -0.123. The summed E-state index contributed by atoms with van der Waals surface area (Å²) >= 11 is 10.00. The molecule has 168 valence electrons. The van der Waals surface area contributed by atoms with E-state index in [-0.39, 0.29) is 27.3 Å². The number of hydrogen-bond acceptors (Lipinski definition) is 6. The molecule has 1 fully saturated rings. The summed E-state index contributed by atoms with van der Waals surface area (Å²) in [5.74, 6) is -0.333. The molecule has 0 N–H and O–H groups in total. The number of amides is 2. The van der Waals surface area contributed by atoms with Crippen LogP contribution in [0.4, 0.5) is 4.79 Å². The molecule has 10 heteroatoms. The van der Waals surface area contributed by atoms with Crippen molar-refractivity contribution >= 4 is 66.6 Å². The molecule has 33 heavy (non-hydrogen) atoms. The molecule has 1 aliphatic heterocycles. The van der Waals surface area contributed by atoms with Crippen LogP contribution in [0, 0.1) is 0 Å². The van der Waals surface area contributed by atoms with Gasteiger partial charge in [0.15, 0.2) is 0 Å². The van der Waals surface area contributed by atoms with Crippen molar-refractivity contribution in [2.45, 2.75) is 11.4 Å². The van der Waals surface area contributed by atoms with E-state index in [1.54, 1.807) is 12.1 Å². The Morgan fingerprint density at radius 3 is 2.39 bits per heavy atom. The summed E-state index contributed by atoms with van der Waals surface area (Å²) in [6.45, 7) is 0.164. The van der Waals surface area contributed by atoms with Gasteiger partial charge in [-0.2, -0.15) is 8.42 Å². The molecule has 0 unspecified atom stereocenters. The maximum absolute atomic E-state index is 12.8. The standard InChI is InChI=1S/C23H15BrClNO5S2/c24-17-6-4-15(5-7-17)14-26-22(27)21(32-23(26)28)13-16-2-1-3-19(12-16)31-33(29,30)20-10-8-18(25)9-11-20/h1-13H,14H2/b21-13-. The lowest BCUT2D eigenvalue weighted by atomic mass is 10.2. The fourth-order valence-corrected chi connectivity index (χ4v) is 5.14. The van der Waals surface area contributed by atoms with Crippen molar-refractivity contribution in [2.75, 3.05) is 0 Å². The van der Waals surface area contributed by atoms with Crippen LogP contribution in [0.15, 0.2) is 87.1 Å². The molecule has 1 heterocycles. The summed E-state index contributed by atoms with van der Waals surface area (Å²) in [5, 5.41) is 0.0388. The van der Waals surface area contributed by atoms with E-state index >= 15 is 0 Å². The van der Waals surface area contributed by atoms with Crippen molar-refractivity contribution in [1.82, 2.24) is 4.90 Å². The average molecular weight is 565 g/mol. The van der Waals surface area contributed by atoms with Crippen LogP contribution in [0.5, 0.6) is 5.75 Å². The van der Waals surface area contributed by atoms with Crippen LogP contribution in [0.3, 0.4) is 0 Å². The maximum Gasteiger partial charge on any atom is 0.339 e. The first-order chi connectivity index (χ1) is 15.7. The lowest BCUT2D eigenvalue weighted by Gasteiger charge is -2.12. The fraction of sp³-hybridized carbons (Fsp3) is 0.0435. The number of imide groups is 1. The van der Waals surface area contributed by atoms with Crippen LogP contribution in [0.2, 0.25) is 5.02 Å². The minimum absolute atomic E-state index is 0.0358. The molecule has 0 atom stereocenters. The second kappa shape index (κ2) is 9.72. The highest BCUT2D eigenvalue weighted by atomic mass is 79.9. The SMILES string of the molecule is O=C1S/C(=C\c2cccc(OS(=O)(=O)c3ccc(Cl)cc3)c2)C(=O)N1Cc1ccc(Br)cc1. The zero-order valence-corrected chi connectivity index (χ0v) is 20.7. The van der Waals surface area contributed by atoms with Crippen molar-refractivity contribution in [1.29, 1.82) is 0 Å². The smallest absolute Gasteiger partial charge is 0.339 e. The van der Waals surface area contributed by atoms with Gasteiger partial charge in [0, 0.05) is 9.50 Å². The van der Waals surface area contributed by atoms with Gasteiger partial charge in [0.1, 0.15) is 10.6 Å². The van der Waals surface area contributed by atoms with Crippen molar-refractivity contribution < 1.29 is 22.2 Å². The maximum atomic E-state index is 12.8. The van der Waals surface area contributed by atoms with Crippen molar-refractivity contribution in [2.24, 2.45) is 0 Å². The van der Waals surface area contributed by atoms with E-state index in [0.29, 0.717) is 10.6 Å². The zero-order valence-electron chi connectivity index (χ0n) is 16.8. The molecule has 0 spiro atoms. The van der Waals surface area contributed by atoms with E-state index in [1.807, 2.05) is 24.3 Å². The molecule has 1 aliphatic rings. The van der Waals surface area contributed by atoms with Gasteiger partial charge in [-0.3, -0.25) is 14.5 Å². The van der Waals surface area contributed by atoms with E-state index in [9.17, 15) is 18.0 Å². The number of carbonyl (C=O) groups excluding carboxylic acids is 2. The molecule has 0 radical (unpaired) electrons. The van der Waals surface area contributed by atoms with E-state index in [1.165, 1.54) is 47.4 Å². The Morgan fingerprint density at radius 1 is 1.00 bits per heavy atom. The first kappa shape index (κ1) is 23.6. The summed E-state index contributed by atoms with van der Waals surface area (Å²) in [4.78, 5) is 26.6. The Bertz CT molecular complexity index is 1360. The summed E-state index contributed by atoms with van der Waals surface area (Å²) in [5.41, 5.74) is 1.34. The van der Waals surface area contributed by atoms with Crippen LogP contribution in [0.25, 0.3) is 6.08 Å². The quantitative estimate of drug-likeness (QED) is 0.266. The zero-order chi connectivity index (χ0) is 23.6. The number of carbonyl (C=O) groups is 2. The van der Waals surface area contributed by atoms with Gasteiger partial charge < -0.3 is 4.18 Å². The predicted molar refractivity (Wildman–Crippen MR) is 131 cm³/mol. The number of halogens is 2. The van der Waals surface area contributed by atoms with Crippen molar-refractivity contribution in [3.63, 3.8) is 0 Å². The van der Waals surface area contributed by atoms with Gasteiger partial charge in [0.2, 0.25) is 0 Å². The highest BCUT2D eigenvalue weighted by Crippen LogP contribution is 2.34. The summed E-state index contributed by atoms with van der Waals surface area (Å²) in [6, 6.07) is 19.2. The van der Waals surface area contributed by atoms with Crippen molar-refractivity contribution in [3.8, 4) is 5.75 Å². The minimum atomic E-state index is -4.06. The molecular weight excluding hydrogens is 550 g/mol. The van der Waals surface area contributed by atoms with Crippen LogP contribution in [-0.2, 0) is 21.5 Å². The Labute approximate surface area is 208 Å². The molecule has 0 saturated carbocycles.